The second-order valence-corrected chi connectivity index (χ2v) is 13.1. The van der Waals surface area contributed by atoms with Crippen LogP contribution in [-0.4, -0.2) is 33.2 Å². The van der Waals surface area contributed by atoms with Crippen molar-refractivity contribution in [3.05, 3.63) is 128 Å². The first-order valence-electron chi connectivity index (χ1n) is 16.7. The predicted molar refractivity (Wildman–Crippen MR) is 197 cm³/mol. The zero-order valence-corrected chi connectivity index (χ0v) is 30.0. The Bertz CT molecular complexity index is 2170. The molecule has 50 heavy (non-hydrogen) atoms. The summed E-state index contributed by atoms with van der Waals surface area (Å²) in [6.07, 6.45) is 1.29. The molecule has 0 bridgehead atoms. The maximum atomic E-state index is 13.9. The quantitative estimate of drug-likeness (QED) is 0.112. The predicted octanol–water partition coefficient (Wildman–Crippen LogP) is 8.23. The molecular weight excluding hydrogens is 650 g/mol. The van der Waals surface area contributed by atoms with E-state index in [4.69, 9.17) is 20.8 Å². The lowest BCUT2D eigenvalue weighted by molar-refractivity contribution is 0.0937. The number of nitrogens with zero attached hydrogens (tertiary/aromatic N) is 2. The number of benzene rings is 3. The Kier molecular flexibility index (Phi) is 10.2. The zero-order valence-electron chi connectivity index (χ0n) is 29.3. The van der Waals surface area contributed by atoms with Gasteiger partial charge in [0, 0.05) is 40.8 Å². The van der Waals surface area contributed by atoms with Gasteiger partial charge in [-0.2, -0.15) is 5.10 Å². The highest BCUT2D eigenvalue weighted by Crippen LogP contribution is 2.36. The number of amides is 2. The number of hydrogen-bond donors (Lipinski definition) is 3. The Labute approximate surface area is 297 Å². The van der Waals surface area contributed by atoms with Gasteiger partial charge in [0.15, 0.2) is 0 Å². The van der Waals surface area contributed by atoms with E-state index in [1.165, 1.54) is 0 Å². The molecule has 0 unspecified atom stereocenters. The average molecular weight is 692 g/mol. The summed E-state index contributed by atoms with van der Waals surface area (Å²) in [7, 11) is 1.93. The van der Waals surface area contributed by atoms with Crippen molar-refractivity contribution in [2.75, 3.05) is 6.61 Å². The molecule has 0 aliphatic carbocycles. The molecule has 0 spiro atoms. The first-order chi connectivity index (χ1) is 24.0. The van der Waals surface area contributed by atoms with Gasteiger partial charge in [0.1, 0.15) is 23.0 Å². The Morgan fingerprint density at radius 1 is 0.920 bits per heavy atom. The van der Waals surface area contributed by atoms with Crippen LogP contribution in [0.1, 0.15) is 72.4 Å². The normalized spacial score (nSPS) is 11.3. The van der Waals surface area contributed by atoms with Crippen LogP contribution in [0.2, 0.25) is 5.02 Å². The van der Waals surface area contributed by atoms with Gasteiger partial charge in [-0.3, -0.25) is 14.3 Å². The van der Waals surface area contributed by atoms with Crippen LogP contribution >= 0.6 is 11.6 Å². The Balaban J connectivity index is 1.23. The summed E-state index contributed by atoms with van der Waals surface area (Å²) < 4.78 is 13.9. The number of ether oxygens (including phenoxy) is 1. The number of fused-ring (bicyclic) bond motifs is 1. The standard InChI is InChI=1S/C40H42ClN5O4/c1-23-18-29(19-24(2)36(23)41)49-17-11-16-32-31-14-10-15-33(35-25(3)45-46(6)26(35)4)37(31)44-38(32)40(48)43-22-30-20-34(27(5)50-30)39(47)42-21-28-12-8-7-9-13-28/h7-10,12-15,18-20,44H,11,16-17,21-22H2,1-6H3,(H,42,47)(H,43,48). The minimum Gasteiger partial charge on any atom is -0.494 e. The fraction of sp³-hybridized carbons (Fsp3) is 0.275. The average Bonchev–Trinajstić information content (AvgIpc) is 3.75. The number of H-pyrrole nitrogens is 1. The van der Waals surface area contributed by atoms with E-state index in [0.29, 0.717) is 48.8 Å². The topological polar surface area (TPSA) is 114 Å². The summed E-state index contributed by atoms with van der Waals surface area (Å²) in [6.45, 7) is 10.7. The van der Waals surface area contributed by atoms with Crippen LogP contribution in [0.4, 0.5) is 0 Å². The SMILES string of the molecule is Cc1cc(OCCCc2c(C(=O)NCc3cc(C(=O)NCc4ccccc4)c(C)o3)[nH]c3c(-c4c(C)nn(C)c4C)cccc23)cc(C)c1Cl. The number of para-hydroxylation sites is 1. The summed E-state index contributed by atoms with van der Waals surface area (Å²) in [6, 6.07) is 21.4. The van der Waals surface area contributed by atoms with Gasteiger partial charge in [-0.15, -0.1) is 0 Å². The number of aromatic nitrogens is 3. The van der Waals surface area contributed by atoms with E-state index < -0.39 is 0 Å². The number of rotatable bonds is 12. The number of carbonyl (C=O) groups excluding carboxylic acids is 2. The van der Waals surface area contributed by atoms with E-state index in [0.717, 1.165) is 66.4 Å². The van der Waals surface area contributed by atoms with E-state index >= 15 is 0 Å². The summed E-state index contributed by atoms with van der Waals surface area (Å²) in [5, 5.41) is 12.3. The Hall–Kier alpha value is -5.28. The van der Waals surface area contributed by atoms with Gasteiger partial charge < -0.3 is 24.8 Å². The number of hydrogen-bond acceptors (Lipinski definition) is 5. The molecule has 0 radical (unpaired) electrons. The molecule has 3 heterocycles. The van der Waals surface area contributed by atoms with Gasteiger partial charge in [-0.25, -0.2) is 0 Å². The maximum Gasteiger partial charge on any atom is 0.268 e. The molecule has 0 saturated carbocycles. The fourth-order valence-electron chi connectivity index (χ4n) is 6.51. The first kappa shape index (κ1) is 34.6. The van der Waals surface area contributed by atoms with E-state index in [1.54, 1.807) is 13.0 Å². The summed E-state index contributed by atoms with van der Waals surface area (Å²) in [4.78, 5) is 30.3. The third-order valence-electron chi connectivity index (χ3n) is 9.13. The molecule has 258 valence electrons. The molecular formula is C40H42ClN5O4. The van der Waals surface area contributed by atoms with Crippen molar-refractivity contribution in [3.8, 4) is 16.9 Å². The zero-order chi connectivity index (χ0) is 35.5. The molecule has 0 saturated heterocycles. The largest absolute Gasteiger partial charge is 0.494 e. The van der Waals surface area contributed by atoms with Crippen molar-refractivity contribution in [2.24, 2.45) is 7.05 Å². The van der Waals surface area contributed by atoms with Crippen molar-refractivity contribution in [2.45, 2.75) is 60.5 Å². The highest BCUT2D eigenvalue weighted by molar-refractivity contribution is 6.32. The van der Waals surface area contributed by atoms with Gasteiger partial charge in [-0.05, 0) is 87.9 Å². The molecule has 2 amide bonds. The van der Waals surface area contributed by atoms with Crippen molar-refractivity contribution in [1.82, 2.24) is 25.4 Å². The minimum atomic E-state index is -0.268. The number of nitrogens with one attached hydrogen (secondary N) is 3. The molecule has 0 aliphatic heterocycles. The molecule has 0 fully saturated rings. The van der Waals surface area contributed by atoms with E-state index in [-0.39, 0.29) is 18.4 Å². The summed E-state index contributed by atoms with van der Waals surface area (Å²) in [5.74, 6) is 1.25. The summed E-state index contributed by atoms with van der Waals surface area (Å²) in [5.41, 5.74) is 9.63. The number of aryl methyl sites for hydroxylation is 6. The number of carbonyl (C=O) groups is 2. The van der Waals surface area contributed by atoms with E-state index in [2.05, 4.69) is 26.8 Å². The fourth-order valence-corrected chi connectivity index (χ4v) is 6.62. The third-order valence-corrected chi connectivity index (χ3v) is 9.73. The monoisotopic (exact) mass is 691 g/mol. The highest BCUT2D eigenvalue weighted by Gasteiger charge is 2.23. The molecule has 3 aromatic carbocycles. The van der Waals surface area contributed by atoms with Crippen LogP contribution in [0, 0.1) is 34.6 Å². The lowest BCUT2D eigenvalue weighted by atomic mass is 9.98. The van der Waals surface area contributed by atoms with Gasteiger partial charge in [0.25, 0.3) is 11.8 Å². The minimum absolute atomic E-state index is 0.118. The van der Waals surface area contributed by atoms with Gasteiger partial charge in [0.05, 0.1) is 29.9 Å². The van der Waals surface area contributed by atoms with Crippen molar-refractivity contribution in [3.63, 3.8) is 0 Å². The van der Waals surface area contributed by atoms with Gasteiger partial charge in [0.2, 0.25) is 0 Å². The third kappa shape index (κ3) is 7.19. The molecule has 6 rings (SSSR count). The molecule has 3 aromatic heterocycles. The smallest absolute Gasteiger partial charge is 0.268 e. The lowest BCUT2D eigenvalue weighted by Gasteiger charge is -2.10. The van der Waals surface area contributed by atoms with Crippen LogP contribution in [0.15, 0.2) is 71.1 Å². The van der Waals surface area contributed by atoms with Crippen LogP contribution in [-0.2, 0) is 26.6 Å². The van der Waals surface area contributed by atoms with E-state index in [9.17, 15) is 9.59 Å². The second-order valence-electron chi connectivity index (χ2n) is 12.7. The molecule has 0 aliphatic rings. The first-order valence-corrected chi connectivity index (χ1v) is 17.1. The molecule has 9 nitrogen and oxygen atoms in total. The van der Waals surface area contributed by atoms with Crippen molar-refractivity contribution >= 4 is 34.3 Å². The van der Waals surface area contributed by atoms with Gasteiger partial charge >= 0.3 is 0 Å². The Morgan fingerprint density at radius 2 is 1.64 bits per heavy atom. The number of furan rings is 1. The molecule has 3 N–H and O–H groups in total. The lowest BCUT2D eigenvalue weighted by Crippen LogP contribution is -2.24. The van der Waals surface area contributed by atoms with Gasteiger partial charge in [-0.1, -0.05) is 60.1 Å². The van der Waals surface area contributed by atoms with Crippen molar-refractivity contribution in [1.29, 1.82) is 0 Å². The highest BCUT2D eigenvalue weighted by atomic mass is 35.5. The van der Waals surface area contributed by atoms with Crippen molar-refractivity contribution < 1.29 is 18.7 Å². The maximum absolute atomic E-state index is 13.9. The van der Waals surface area contributed by atoms with Crippen LogP contribution in [0.5, 0.6) is 5.75 Å². The molecule has 0 atom stereocenters. The second kappa shape index (κ2) is 14.7. The number of halogens is 1. The van der Waals surface area contributed by atoms with Crippen LogP contribution in [0.3, 0.4) is 0 Å². The van der Waals surface area contributed by atoms with Crippen LogP contribution < -0.4 is 15.4 Å². The number of aromatic amines is 1. The van der Waals surface area contributed by atoms with Crippen LogP contribution in [0.25, 0.3) is 22.0 Å². The molecule has 6 aromatic rings. The summed E-state index contributed by atoms with van der Waals surface area (Å²) >= 11 is 6.35. The van der Waals surface area contributed by atoms with E-state index in [1.807, 2.05) is 94.0 Å². The Morgan fingerprint density at radius 3 is 2.34 bits per heavy atom. The molecule has 10 heteroatoms.